The number of phenolic OH excluding ortho intramolecular Hbond substituents is 1. The lowest BCUT2D eigenvalue weighted by atomic mass is 10.00. The standard InChI is InChI=1S/C27H30O10/c1-15-24(31)25(32)26(33)27(36-15)37-21-11-7-17(13-23(21)35-3)5-9-19(29)14-18(28)8-4-16-6-10-20(30)22(12-16)34-2/h4-15,24-28,30-33H,1-3H3/b8-4+,9-5+,18-14-/t15-,24-,25+,26-,27+/m1/s1. The van der Waals surface area contributed by atoms with Gasteiger partial charge in [-0.1, -0.05) is 24.3 Å². The van der Waals surface area contributed by atoms with E-state index >= 15 is 0 Å². The summed E-state index contributed by atoms with van der Waals surface area (Å²) >= 11 is 0. The van der Waals surface area contributed by atoms with Gasteiger partial charge in [0.1, 0.15) is 24.1 Å². The molecular formula is C27H30O10. The molecule has 0 aromatic heterocycles. The van der Waals surface area contributed by atoms with Crippen molar-refractivity contribution < 1.29 is 49.3 Å². The number of aliphatic hydroxyl groups is 4. The first-order chi connectivity index (χ1) is 17.6. The van der Waals surface area contributed by atoms with Crippen LogP contribution < -0.4 is 14.2 Å². The van der Waals surface area contributed by atoms with Crippen molar-refractivity contribution in [3.63, 3.8) is 0 Å². The summed E-state index contributed by atoms with van der Waals surface area (Å²) in [4.78, 5) is 12.2. The van der Waals surface area contributed by atoms with Gasteiger partial charge in [-0.2, -0.15) is 0 Å². The van der Waals surface area contributed by atoms with E-state index in [-0.39, 0.29) is 28.8 Å². The van der Waals surface area contributed by atoms with Crippen molar-refractivity contribution in [3.05, 3.63) is 71.5 Å². The molecule has 1 aliphatic rings. The van der Waals surface area contributed by atoms with Gasteiger partial charge in [0.15, 0.2) is 28.8 Å². The average Bonchev–Trinajstić information content (AvgIpc) is 2.89. The molecule has 0 unspecified atom stereocenters. The molecule has 1 saturated heterocycles. The highest BCUT2D eigenvalue weighted by atomic mass is 16.7. The van der Waals surface area contributed by atoms with Crippen LogP contribution in [0.1, 0.15) is 18.1 Å². The second kappa shape index (κ2) is 12.4. The second-order valence-corrected chi connectivity index (χ2v) is 8.28. The van der Waals surface area contributed by atoms with E-state index in [1.165, 1.54) is 38.5 Å². The fourth-order valence-corrected chi connectivity index (χ4v) is 3.52. The molecule has 5 N–H and O–H groups in total. The van der Waals surface area contributed by atoms with Gasteiger partial charge >= 0.3 is 0 Å². The third-order valence-electron chi connectivity index (χ3n) is 5.62. The number of carbonyl (C=O) groups is 1. The van der Waals surface area contributed by atoms with Crippen molar-refractivity contribution in [1.29, 1.82) is 0 Å². The predicted molar refractivity (Wildman–Crippen MR) is 134 cm³/mol. The van der Waals surface area contributed by atoms with E-state index in [0.717, 1.165) is 6.08 Å². The molecule has 1 aliphatic heterocycles. The Kier molecular flexibility index (Phi) is 9.31. The summed E-state index contributed by atoms with van der Waals surface area (Å²) < 4.78 is 21.5. The molecule has 198 valence electrons. The zero-order valence-corrected chi connectivity index (χ0v) is 20.5. The summed E-state index contributed by atoms with van der Waals surface area (Å²) in [6.45, 7) is 1.55. The molecule has 1 fully saturated rings. The molecule has 0 saturated carbocycles. The number of aromatic hydroxyl groups is 1. The van der Waals surface area contributed by atoms with Crippen molar-refractivity contribution in [2.45, 2.75) is 37.6 Å². The maximum absolute atomic E-state index is 12.2. The Morgan fingerprint density at radius 1 is 0.865 bits per heavy atom. The lowest BCUT2D eigenvalue weighted by Gasteiger charge is -2.39. The van der Waals surface area contributed by atoms with E-state index in [4.69, 9.17) is 18.9 Å². The van der Waals surface area contributed by atoms with E-state index in [0.29, 0.717) is 11.1 Å². The molecule has 0 radical (unpaired) electrons. The number of aliphatic hydroxyl groups excluding tert-OH is 4. The Morgan fingerprint density at radius 3 is 2.16 bits per heavy atom. The lowest BCUT2D eigenvalue weighted by molar-refractivity contribution is -0.268. The van der Waals surface area contributed by atoms with Crippen molar-refractivity contribution in [2.75, 3.05) is 14.2 Å². The van der Waals surface area contributed by atoms with Gasteiger partial charge < -0.3 is 44.5 Å². The van der Waals surface area contributed by atoms with Crippen molar-refractivity contribution in [1.82, 2.24) is 0 Å². The summed E-state index contributed by atoms with van der Waals surface area (Å²) in [6.07, 6.45) is 0.572. The number of allylic oxidation sites excluding steroid dienone is 3. The minimum atomic E-state index is -1.47. The van der Waals surface area contributed by atoms with E-state index < -0.39 is 36.5 Å². The molecule has 0 spiro atoms. The van der Waals surface area contributed by atoms with Gasteiger partial charge in [-0.25, -0.2) is 0 Å². The number of hydrogen-bond acceptors (Lipinski definition) is 10. The number of phenols is 1. The minimum Gasteiger partial charge on any atom is -0.508 e. The van der Waals surface area contributed by atoms with Crippen LogP contribution in [-0.4, -0.2) is 76.2 Å². The molecule has 2 aromatic carbocycles. The molecule has 5 atom stereocenters. The van der Waals surface area contributed by atoms with Gasteiger partial charge in [0, 0.05) is 6.08 Å². The summed E-state index contributed by atoms with van der Waals surface area (Å²) in [6, 6.07) is 9.42. The number of ketones is 1. The molecule has 0 bridgehead atoms. The highest BCUT2D eigenvalue weighted by Gasteiger charge is 2.43. The van der Waals surface area contributed by atoms with Crippen molar-refractivity contribution in [3.8, 4) is 23.0 Å². The van der Waals surface area contributed by atoms with E-state index in [2.05, 4.69) is 0 Å². The summed E-state index contributed by atoms with van der Waals surface area (Å²) in [5.74, 6) is 0.0400. The maximum atomic E-state index is 12.2. The van der Waals surface area contributed by atoms with E-state index in [9.17, 15) is 30.3 Å². The quantitative estimate of drug-likeness (QED) is 0.191. The highest BCUT2D eigenvalue weighted by Crippen LogP contribution is 2.32. The van der Waals surface area contributed by atoms with Gasteiger partial charge in [0.25, 0.3) is 0 Å². The molecule has 10 nitrogen and oxygen atoms in total. The first kappa shape index (κ1) is 27.8. The van der Waals surface area contributed by atoms with Crippen LogP contribution in [0.25, 0.3) is 12.2 Å². The fraction of sp³-hybridized carbons (Fsp3) is 0.296. The number of ether oxygens (including phenoxy) is 4. The molecule has 37 heavy (non-hydrogen) atoms. The zero-order chi connectivity index (χ0) is 27.1. The lowest BCUT2D eigenvalue weighted by Crippen LogP contribution is -2.58. The van der Waals surface area contributed by atoms with E-state index in [1.807, 2.05) is 0 Å². The van der Waals surface area contributed by atoms with Crippen LogP contribution in [0.5, 0.6) is 23.0 Å². The SMILES string of the molecule is COc1cc(/C=C/C(O)=C/C(=O)/C=C/c2ccc(O[C@@H]3O[C@H](C)[C@@H](O)[C@H](O)[C@H]3O)c(OC)c2)ccc1O. The van der Waals surface area contributed by atoms with Crippen LogP contribution >= 0.6 is 0 Å². The molecule has 0 aliphatic carbocycles. The third kappa shape index (κ3) is 7.11. The van der Waals surface area contributed by atoms with Crippen LogP contribution in [-0.2, 0) is 9.53 Å². The smallest absolute Gasteiger partial charge is 0.229 e. The Morgan fingerprint density at radius 2 is 1.49 bits per heavy atom. The molecule has 2 aromatic rings. The monoisotopic (exact) mass is 514 g/mol. The molecule has 1 heterocycles. The van der Waals surface area contributed by atoms with Crippen LogP contribution in [0.15, 0.2) is 60.4 Å². The third-order valence-corrected chi connectivity index (χ3v) is 5.62. The Bertz CT molecular complexity index is 1190. The number of rotatable bonds is 9. The van der Waals surface area contributed by atoms with Crippen LogP contribution in [0.2, 0.25) is 0 Å². The summed E-state index contributed by atoms with van der Waals surface area (Å²) in [5, 5.41) is 49.6. The minimum absolute atomic E-state index is 0.0101. The van der Waals surface area contributed by atoms with E-state index in [1.54, 1.807) is 43.3 Å². The van der Waals surface area contributed by atoms with Gasteiger partial charge in [-0.15, -0.1) is 0 Å². The Labute approximate surface area is 213 Å². The molecule has 0 amide bonds. The topological polar surface area (TPSA) is 155 Å². The van der Waals surface area contributed by atoms with Crippen LogP contribution in [0.3, 0.4) is 0 Å². The van der Waals surface area contributed by atoms with Gasteiger partial charge in [-0.3, -0.25) is 4.79 Å². The maximum Gasteiger partial charge on any atom is 0.229 e. The number of benzene rings is 2. The largest absolute Gasteiger partial charge is 0.508 e. The normalized spacial score (nSPS) is 24.4. The first-order valence-electron chi connectivity index (χ1n) is 11.3. The first-order valence-corrected chi connectivity index (χ1v) is 11.3. The average molecular weight is 515 g/mol. The molecule has 3 rings (SSSR count). The number of methoxy groups -OCH3 is 2. The number of carbonyl (C=O) groups excluding carboxylic acids is 1. The van der Waals surface area contributed by atoms with Crippen LogP contribution in [0.4, 0.5) is 0 Å². The van der Waals surface area contributed by atoms with Gasteiger partial charge in [-0.05, 0) is 54.5 Å². The Hall–Kier alpha value is -3.83. The van der Waals surface area contributed by atoms with Crippen molar-refractivity contribution in [2.24, 2.45) is 0 Å². The molecular weight excluding hydrogens is 484 g/mol. The second-order valence-electron chi connectivity index (χ2n) is 8.28. The molecule has 10 heteroatoms. The van der Waals surface area contributed by atoms with Crippen LogP contribution in [0, 0.1) is 0 Å². The predicted octanol–water partition coefficient (Wildman–Crippen LogP) is 2.35. The summed E-state index contributed by atoms with van der Waals surface area (Å²) in [7, 11) is 2.84. The highest BCUT2D eigenvalue weighted by molar-refractivity contribution is 6.02. The number of hydrogen-bond donors (Lipinski definition) is 5. The Balaban J connectivity index is 1.65. The van der Waals surface area contributed by atoms with Crippen molar-refractivity contribution >= 4 is 17.9 Å². The van der Waals surface area contributed by atoms with Gasteiger partial charge in [0.2, 0.25) is 6.29 Å². The van der Waals surface area contributed by atoms with Gasteiger partial charge in [0.05, 0.1) is 20.3 Å². The summed E-state index contributed by atoms with van der Waals surface area (Å²) in [5.41, 5.74) is 1.24. The fourth-order valence-electron chi connectivity index (χ4n) is 3.52. The zero-order valence-electron chi connectivity index (χ0n) is 20.5.